The van der Waals surface area contributed by atoms with E-state index in [-0.39, 0.29) is 17.2 Å². The summed E-state index contributed by atoms with van der Waals surface area (Å²) in [5, 5.41) is 4.85. The molecule has 5 nitrogen and oxygen atoms in total. The van der Waals surface area contributed by atoms with Gasteiger partial charge in [-0.2, -0.15) is 13.2 Å². The van der Waals surface area contributed by atoms with Crippen LogP contribution in [-0.2, 0) is 4.79 Å². The van der Waals surface area contributed by atoms with Crippen molar-refractivity contribution in [2.75, 3.05) is 17.2 Å². The third-order valence-electron chi connectivity index (χ3n) is 4.68. The summed E-state index contributed by atoms with van der Waals surface area (Å²) in [5.74, 6) is -1.96. The molecule has 3 rings (SSSR count). The van der Waals surface area contributed by atoms with E-state index in [1.807, 2.05) is 24.4 Å². The molecule has 3 aromatic carbocycles. The van der Waals surface area contributed by atoms with Crippen LogP contribution >= 0.6 is 15.9 Å². The number of halogens is 4. The molecule has 1 amide bonds. The Labute approximate surface area is 197 Å². The summed E-state index contributed by atoms with van der Waals surface area (Å²) in [6, 6.07) is 16.5. The summed E-state index contributed by atoms with van der Waals surface area (Å²) in [7, 11) is 0. The van der Waals surface area contributed by atoms with Gasteiger partial charge in [0.1, 0.15) is 5.75 Å². The number of amides is 1. The van der Waals surface area contributed by atoms with E-state index in [2.05, 4.69) is 21.2 Å². The van der Waals surface area contributed by atoms with Crippen LogP contribution in [0.5, 0.6) is 5.75 Å². The molecule has 0 unspecified atom stereocenters. The van der Waals surface area contributed by atoms with Crippen LogP contribution < -0.4 is 15.4 Å². The molecular formula is C24H20BrF3N2O3. The van der Waals surface area contributed by atoms with Crippen molar-refractivity contribution in [1.82, 2.24) is 0 Å². The van der Waals surface area contributed by atoms with Gasteiger partial charge < -0.3 is 15.4 Å². The topological polar surface area (TPSA) is 67.4 Å². The van der Waals surface area contributed by atoms with Crippen LogP contribution in [0.25, 0.3) is 0 Å². The van der Waals surface area contributed by atoms with Crippen molar-refractivity contribution in [2.24, 2.45) is 0 Å². The van der Waals surface area contributed by atoms with Gasteiger partial charge in [-0.1, -0.05) is 40.2 Å². The second kappa shape index (κ2) is 10.1. The largest absolute Gasteiger partial charge is 0.493 e. The Bertz CT molecular complexity index is 1200. The van der Waals surface area contributed by atoms with Crippen LogP contribution in [0.4, 0.5) is 30.2 Å². The molecule has 0 atom stereocenters. The molecule has 0 aliphatic heterocycles. The first-order chi connectivity index (χ1) is 15.6. The first kappa shape index (κ1) is 24.3. The molecule has 0 bridgehead atoms. The van der Waals surface area contributed by atoms with Gasteiger partial charge in [0.2, 0.25) is 0 Å². The van der Waals surface area contributed by atoms with Gasteiger partial charge in [-0.3, -0.25) is 9.59 Å². The second-order valence-corrected chi connectivity index (χ2v) is 7.97. The Morgan fingerprint density at radius 1 is 0.970 bits per heavy atom. The standard InChI is InChI=1S/C24H20BrF3N2O3/c1-3-33-21-13-16(9-10-18(21)22(31)17-7-5-4-6-14(17)2)29-19-11-8-15(25)12-20(19)30-23(32)24(26,27)28/h4-13,29H,3H2,1-2H3,(H,30,32). The van der Waals surface area contributed by atoms with Crippen LogP contribution in [-0.4, -0.2) is 24.5 Å². The van der Waals surface area contributed by atoms with Crippen molar-refractivity contribution in [3.05, 3.63) is 81.8 Å². The number of hydrogen-bond donors (Lipinski definition) is 2. The molecule has 0 heterocycles. The Morgan fingerprint density at radius 3 is 2.36 bits per heavy atom. The molecule has 0 saturated carbocycles. The summed E-state index contributed by atoms with van der Waals surface area (Å²) in [5.41, 5.74) is 2.36. The molecule has 0 aliphatic rings. The van der Waals surface area contributed by atoms with Crippen LogP contribution in [0.2, 0.25) is 0 Å². The summed E-state index contributed by atoms with van der Waals surface area (Å²) >= 11 is 3.19. The van der Waals surface area contributed by atoms with Gasteiger partial charge in [-0.05, 0) is 49.7 Å². The summed E-state index contributed by atoms with van der Waals surface area (Å²) < 4.78 is 44.3. The van der Waals surface area contributed by atoms with Crippen molar-refractivity contribution < 1.29 is 27.5 Å². The predicted molar refractivity (Wildman–Crippen MR) is 124 cm³/mol. The summed E-state index contributed by atoms with van der Waals surface area (Å²) in [6.45, 7) is 3.93. The van der Waals surface area contributed by atoms with Gasteiger partial charge in [0, 0.05) is 21.8 Å². The smallest absolute Gasteiger partial charge is 0.471 e. The summed E-state index contributed by atoms with van der Waals surface area (Å²) in [4.78, 5) is 24.5. The van der Waals surface area contributed by atoms with Gasteiger partial charge in [0.15, 0.2) is 5.78 Å². The number of rotatable bonds is 7. The molecule has 0 spiro atoms. The highest BCUT2D eigenvalue weighted by Gasteiger charge is 2.39. The Kier molecular flexibility index (Phi) is 7.43. The van der Waals surface area contributed by atoms with Crippen molar-refractivity contribution in [1.29, 1.82) is 0 Å². The lowest BCUT2D eigenvalue weighted by Gasteiger charge is -2.17. The zero-order chi connectivity index (χ0) is 24.2. The normalized spacial score (nSPS) is 11.1. The number of carbonyl (C=O) groups excluding carboxylic acids is 2. The maximum Gasteiger partial charge on any atom is 0.471 e. The average Bonchev–Trinajstić information content (AvgIpc) is 2.75. The van der Waals surface area contributed by atoms with E-state index < -0.39 is 12.1 Å². The highest BCUT2D eigenvalue weighted by atomic mass is 79.9. The fourth-order valence-electron chi connectivity index (χ4n) is 3.11. The number of anilines is 3. The third kappa shape index (κ3) is 5.92. The second-order valence-electron chi connectivity index (χ2n) is 7.05. The first-order valence-electron chi connectivity index (χ1n) is 9.92. The SMILES string of the molecule is CCOc1cc(Nc2ccc(Br)cc2NC(=O)C(F)(F)F)ccc1C(=O)c1ccccc1C. The van der Waals surface area contributed by atoms with Crippen molar-refractivity contribution >= 4 is 44.7 Å². The Balaban J connectivity index is 1.94. The van der Waals surface area contributed by atoms with Crippen LogP contribution in [0.3, 0.4) is 0 Å². The molecule has 0 saturated heterocycles. The minimum Gasteiger partial charge on any atom is -0.493 e. The number of carbonyl (C=O) groups is 2. The Morgan fingerprint density at radius 2 is 1.70 bits per heavy atom. The number of alkyl halides is 3. The van der Waals surface area contributed by atoms with Gasteiger partial charge in [-0.25, -0.2) is 0 Å². The number of ketones is 1. The molecule has 2 N–H and O–H groups in total. The number of nitrogens with one attached hydrogen (secondary N) is 2. The lowest BCUT2D eigenvalue weighted by Crippen LogP contribution is -2.30. The molecular weight excluding hydrogens is 501 g/mol. The third-order valence-corrected chi connectivity index (χ3v) is 5.18. The van der Waals surface area contributed by atoms with E-state index in [1.165, 1.54) is 12.1 Å². The number of ether oxygens (including phenoxy) is 1. The molecule has 0 aromatic heterocycles. The fraction of sp³-hybridized carbons (Fsp3) is 0.167. The van der Waals surface area contributed by atoms with E-state index in [0.29, 0.717) is 33.6 Å². The van der Waals surface area contributed by atoms with Gasteiger partial charge >= 0.3 is 12.1 Å². The lowest BCUT2D eigenvalue weighted by molar-refractivity contribution is -0.167. The van der Waals surface area contributed by atoms with E-state index in [4.69, 9.17) is 4.74 Å². The Hall–Kier alpha value is -3.33. The average molecular weight is 521 g/mol. The lowest BCUT2D eigenvalue weighted by atomic mass is 9.98. The minimum atomic E-state index is -5.03. The zero-order valence-corrected chi connectivity index (χ0v) is 19.3. The molecule has 33 heavy (non-hydrogen) atoms. The van der Waals surface area contributed by atoms with Crippen LogP contribution in [0.1, 0.15) is 28.4 Å². The van der Waals surface area contributed by atoms with Gasteiger partial charge in [0.25, 0.3) is 0 Å². The van der Waals surface area contributed by atoms with E-state index in [9.17, 15) is 22.8 Å². The highest BCUT2D eigenvalue weighted by molar-refractivity contribution is 9.10. The molecule has 172 valence electrons. The maximum atomic E-state index is 13.1. The van der Waals surface area contributed by atoms with Crippen molar-refractivity contribution in [3.8, 4) is 5.75 Å². The minimum absolute atomic E-state index is 0.0651. The van der Waals surface area contributed by atoms with Gasteiger partial charge in [0.05, 0.1) is 23.5 Å². The zero-order valence-electron chi connectivity index (χ0n) is 17.7. The maximum absolute atomic E-state index is 13.1. The predicted octanol–water partition coefficient (Wildman–Crippen LogP) is 6.63. The monoisotopic (exact) mass is 520 g/mol. The first-order valence-corrected chi connectivity index (χ1v) is 10.7. The van der Waals surface area contributed by atoms with Crippen LogP contribution in [0, 0.1) is 6.92 Å². The number of hydrogen-bond acceptors (Lipinski definition) is 4. The molecule has 0 radical (unpaired) electrons. The highest BCUT2D eigenvalue weighted by Crippen LogP contribution is 2.33. The van der Waals surface area contributed by atoms with E-state index in [1.54, 1.807) is 43.3 Å². The number of benzene rings is 3. The van der Waals surface area contributed by atoms with E-state index >= 15 is 0 Å². The molecule has 9 heteroatoms. The van der Waals surface area contributed by atoms with Gasteiger partial charge in [-0.15, -0.1) is 0 Å². The molecule has 0 aliphatic carbocycles. The van der Waals surface area contributed by atoms with Crippen LogP contribution in [0.15, 0.2) is 65.1 Å². The number of aryl methyl sites for hydroxylation is 1. The van der Waals surface area contributed by atoms with Crippen molar-refractivity contribution in [2.45, 2.75) is 20.0 Å². The fourth-order valence-corrected chi connectivity index (χ4v) is 3.47. The molecule has 3 aromatic rings. The van der Waals surface area contributed by atoms with E-state index in [0.717, 1.165) is 5.56 Å². The quantitative estimate of drug-likeness (QED) is 0.343. The van der Waals surface area contributed by atoms with Crippen molar-refractivity contribution in [3.63, 3.8) is 0 Å². The molecule has 0 fully saturated rings. The summed E-state index contributed by atoms with van der Waals surface area (Å²) in [6.07, 6.45) is -5.03.